The van der Waals surface area contributed by atoms with E-state index in [1.54, 1.807) is 53.7 Å². The molecule has 5 nitrogen and oxygen atoms in total. The van der Waals surface area contributed by atoms with Gasteiger partial charge in [-0.3, -0.25) is 9.69 Å². The van der Waals surface area contributed by atoms with Gasteiger partial charge in [0, 0.05) is 4.88 Å². The lowest BCUT2D eigenvalue weighted by molar-refractivity contribution is -0.175. The van der Waals surface area contributed by atoms with Crippen LogP contribution >= 0.6 is 22.9 Å². The number of hydrogen-bond donors (Lipinski definition) is 0. The molecule has 1 aromatic rings. The zero-order valence-electron chi connectivity index (χ0n) is 14.7. The van der Waals surface area contributed by atoms with Crippen LogP contribution in [0.2, 0.25) is 4.34 Å². The van der Waals surface area contributed by atoms with Gasteiger partial charge in [0.2, 0.25) is 0 Å². The molecular weight excluding hydrogens is 350 g/mol. The van der Waals surface area contributed by atoms with Crippen LogP contribution in [-0.2, 0) is 19.1 Å². The molecule has 0 atom stereocenters. The van der Waals surface area contributed by atoms with E-state index in [9.17, 15) is 9.59 Å². The van der Waals surface area contributed by atoms with Crippen molar-refractivity contribution in [1.29, 1.82) is 0 Å². The summed E-state index contributed by atoms with van der Waals surface area (Å²) in [7, 11) is 0. The minimum absolute atomic E-state index is 0.000479. The Morgan fingerprint density at radius 3 is 2.42 bits per heavy atom. The highest BCUT2D eigenvalue weighted by molar-refractivity contribution is 7.17. The molecule has 1 aromatic heterocycles. The fourth-order valence-electron chi connectivity index (χ4n) is 2.23. The summed E-state index contributed by atoms with van der Waals surface area (Å²) in [5.74, 6) is -0.224. The van der Waals surface area contributed by atoms with Crippen LogP contribution in [0.15, 0.2) is 17.9 Å². The van der Waals surface area contributed by atoms with Gasteiger partial charge in [-0.1, -0.05) is 11.6 Å². The second-order valence-corrected chi connectivity index (χ2v) is 8.82. The molecule has 0 aliphatic carbocycles. The number of ether oxygens (including phenoxy) is 2. The summed E-state index contributed by atoms with van der Waals surface area (Å²) >= 11 is 7.28. The van der Waals surface area contributed by atoms with Crippen molar-refractivity contribution in [3.05, 3.63) is 27.1 Å². The predicted octanol–water partition coefficient (Wildman–Crippen LogP) is 4.07. The first kappa shape index (κ1) is 18.8. The molecule has 2 heterocycles. The number of amides is 1. The van der Waals surface area contributed by atoms with Crippen LogP contribution in [0.1, 0.15) is 46.4 Å². The highest BCUT2D eigenvalue weighted by Crippen LogP contribution is 2.35. The third kappa shape index (κ3) is 3.75. The van der Waals surface area contributed by atoms with Crippen molar-refractivity contribution in [3.63, 3.8) is 0 Å². The molecule has 0 N–H and O–H groups in total. The monoisotopic (exact) mass is 371 g/mol. The molecule has 0 fully saturated rings. The van der Waals surface area contributed by atoms with Crippen LogP contribution in [0.25, 0.3) is 5.57 Å². The fraction of sp³-hybridized carbons (Fsp3) is 0.529. The van der Waals surface area contributed by atoms with E-state index in [4.69, 9.17) is 21.1 Å². The van der Waals surface area contributed by atoms with Gasteiger partial charge in [0.25, 0.3) is 5.91 Å². The average molecular weight is 372 g/mol. The van der Waals surface area contributed by atoms with Gasteiger partial charge in [-0.05, 0) is 53.7 Å². The van der Waals surface area contributed by atoms with Crippen LogP contribution in [0.3, 0.4) is 0 Å². The van der Waals surface area contributed by atoms with Crippen LogP contribution in [0.4, 0.5) is 0 Å². The third-order valence-electron chi connectivity index (χ3n) is 3.61. The summed E-state index contributed by atoms with van der Waals surface area (Å²) in [6.07, 6.45) is 0. The van der Waals surface area contributed by atoms with Crippen LogP contribution in [0, 0.1) is 0 Å². The second kappa shape index (κ2) is 6.41. The molecule has 24 heavy (non-hydrogen) atoms. The van der Waals surface area contributed by atoms with Crippen molar-refractivity contribution < 1.29 is 19.1 Å². The quantitative estimate of drug-likeness (QED) is 0.751. The number of nitrogens with zero attached hydrogens (tertiary/aromatic N) is 1. The Bertz CT molecular complexity index is 700. The first-order valence-corrected chi connectivity index (χ1v) is 8.78. The molecule has 0 saturated carbocycles. The lowest BCUT2D eigenvalue weighted by Crippen LogP contribution is -2.57. The second-order valence-electron chi connectivity index (χ2n) is 7.10. The summed E-state index contributed by atoms with van der Waals surface area (Å²) in [5.41, 5.74) is -1.36. The maximum absolute atomic E-state index is 13.0. The first-order valence-electron chi connectivity index (χ1n) is 7.58. The van der Waals surface area contributed by atoms with Gasteiger partial charge in [0.05, 0.1) is 9.91 Å². The number of carbonyl (C=O) groups is 2. The summed E-state index contributed by atoms with van der Waals surface area (Å²) in [4.78, 5) is 27.7. The van der Waals surface area contributed by atoms with Gasteiger partial charge >= 0.3 is 5.97 Å². The zero-order chi connectivity index (χ0) is 18.3. The van der Waals surface area contributed by atoms with E-state index in [1.807, 2.05) is 0 Å². The normalized spacial score (nSPS) is 16.3. The van der Waals surface area contributed by atoms with Gasteiger partial charge in [-0.2, -0.15) is 0 Å². The molecule has 0 aromatic carbocycles. The molecule has 0 radical (unpaired) electrons. The number of carbonyl (C=O) groups excluding carboxylic acids is 2. The summed E-state index contributed by atoms with van der Waals surface area (Å²) < 4.78 is 11.7. The summed E-state index contributed by atoms with van der Waals surface area (Å²) in [6.45, 7) is 10.4. The minimum Gasteiger partial charge on any atom is -0.477 e. The summed E-state index contributed by atoms with van der Waals surface area (Å²) in [6, 6.07) is 3.50. The van der Waals surface area contributed by atoms with Gasteiger partial charge in [0.15, 0.2) is 6.73 Å². The molecule has 1 amide bonds. The van der Waals surface area contributed by atoms with Gasteiger partial charge in [0.1, 0.15) is 16.9 Å². The summed E-state index contributed by atoms with van der Waals surface area (Å²) in [5, 5.41) is 0. The van der Waals surface area contributed by atoms with E-state index >= 15 is 0 Å². The Hall–Kier alpha value is -1.53. The standard InChI is InChI=1S/C17H22ClNO4S/c1-10-13(11-7-8-12(18)24-11)14(20)19(9-22-10)17(5,6)15(21)23-16(2,3)4/h7-8H,9H2,1-6H3. The average Bonchev–Trinajstić information content (AvgIpc) is 2.82. The Labute approximate surface area is 151 Å². The molecule has 7 heteroatoms. The van der Waals surface area contributed by atoms with Crippen LogP contribution < -0.4 is 0 Å². The van der Waals surface area contributed by atoms with Crippen LogP contribution in [0.5, 0.6) is 0 Å². The molecule has 132 valence electrons. The molecule has 2 rings (SSSR count). The van der Waals surface area contributed by atoms with E-state index in [-0.39, 0.29) is 12.6 Å². The van der Waals surface area contributed by atoms with E-state index in [1.165, 1.54) is 16.2 Å². The van der Waals surface area contributed by atoms with E-state index in [0.717, 1.165) is 0 Å². The maximum Gasteiger partial charge on any atom is 0.332 e. The van der Waals surface area contributed by atoms with Crippen molar-refractivity contribution in [2.24, 2.45) is 0 Å². The van der Waals surface area contributed by atoms with Crippen molar-refractivity contribution in [2.45, 2.75) is 52.7 Å². The number of rotatable bonds is 3. The number of allylic oxidation sites excluding steroid dienone is 1. The first-order chi connectivity index (χ1) is 10.9. The smallest absolute Gasteiger partial charge is 0.332 e. The van der Waals surface area contributed by atoms with Crippen molar-refractivity contribution in [1.82, 2.24) is 4.90 Å². The highest BCUT2D eigenvalue weighted by atomic mass is 35.5. The molecule has 1 aliphatic rings. The number of esters is 1. The molecule has 0 spiro atoms. The van der Waals surface area contributed by atoms with Gasteiger partial charge < -0.3 is 9.47 Å². The van der Waals surface area contributed by atoms with Crippen molar-refractivity contribution >= 4 is 40.4 Å². The Balaban J connectivity index is 2.33. The Kier molecular flexibility index (Phi) is 5.02. The molecule has 0 saturated heterocycles. The van der Waals surface area contributed by atoms with E-state index in [2.05, 4.69) is 0 Å². The van der Waals surface area contributed by atoms with Crippen LogP contribution in [-0.4, -0.2) is 34.6 Å². The lowest BCUT2D eigenvalue weighted by Gasteiger charge is -2.40. The van der Waals surface area contributed by atoms with E-state index < -0.39 is 17.1 Å². The third-order valence-corrected chi connectivity index (χ3v) is 4.86. The Morgan fingerprint density at radius 1 is 1.29 bits per heavy atom. The predicted molar refractivity (Wildman–Crippen MR) is 94.6 cm³/mol. The topological polar surface area (TPSA) is 55.8 Å². The SMILES string of the molecule is CC1=C(c2ccc(Cl)s2)C(=O)N(C(C)(C)C(=O)OC(C)(C)C)CO1. The van der Waals surface area contributed by atoms with Crippen molar-refractivity contribution in [2.75, 3.05) is 6.73 Å². The molecular formula is C17H22ClNO4S. The number of halogens is 1. The number of hydrogen-bond acceptors (Lipinski definition) is 5. The zero-order valence-corrected chi connectivity index (χ0v) is 16.3. The maximum atomic E-state index is 13.0. The van der Waals surface area contributed by atoms with Gasteiger partial charge in [-0.15, -0.1) is 11.3 Å². The molecule has 0 unspecified atom stereocenters. The van der Waals surface area contributed by atoms with E-state index in [0.29, 0.717) is 20.5 Å². The fourth-order valence-corrected chi connectivity index (χ4v) is 3.36. The Morgan fingerprint density at radius 2 is 1.92 bits per heavy atom. The van der Waals surface area contributed by atoms with Gasteiger partial charge in [-0.25, -0.2) is 4.79 Å². The minimum atomic E-state index is -1.16. The molecule has 1 aliphatic heterocycles. The lowest BCUT2D eigenvalue weighted by atomic mass is 10.00. The largest absolute Gasteiger partial charge is 0.477 e. The highest BCUT2D eigenvalue weighted by Gasteiger charge is 2.44. The molecule has 0 bridgehead atoms. The van der Waals surface area contributed by atoms with Crippen molar-refractivity contribution in [3.8, 4) is 0 Å². The number of thiophene rings is 1.